The summed E-state index contributed by atoms with van der Waals surface area (Å²) >= 11 is 0. The van der Waals surface area contributed by atoms with E-state index in [4.69, 9.17) is 0 Å². The molecular formula is C25H15BN2. The van der Waals surface area contributed by atoms with Crippen molar-refractivity contribution >= 4 is 44.9 Å². The molecule has 3 heteroatoms. The molecule has 0 atom stereocenters. The summed E-state index contributed by atoms with van der Waals surface area (Å²) in [6.45, 7) is 0.157. The highest BCUT2D eigenvalue weighted by atomic mass is 15.0. The van der Waals surface area contributed by atoms with Gasteiger partial charge in [0.1, 0.15) is 0 Å². The number of fused-ring (bicyclic) bond motifs is 5. The molecule has 128 valence electrons. The maximum absolute atomic E-state index is 9.18. The van der Waals surface area contributed by atoms with Crippen LogP contribution in [0.5, 0.6) is 0 Å². The maximum Gasteiger partial charge on any atom is 0.246 e. The number of aromatic nitrogens is 1. The van der Waals surface area contributed by atoms with Crippen molar-refractivity contribution in [2.45, 2.75) is 0 Å². The molecule has 4 aromatic carbocycles. The van der Waals surface area contributed by atoms with E-state index in [1.54, 1.807) is 0 Å². The van der Waals surface area contributed by atoms with Crippen LogP contribution in [0, 0.1) is 11.3 Å². The summed E-state index contributed by atoms with van der Waals surface area (Å²) in [4.78, 5) is 0. The van der Waals surface area contributed by atoms with Crippen LogP contribution in [0.4, 0.5) is 0 Å². The Hall–Kier alpha value is -3.77. The molecule has 0 N–H and O–H groups in total. The van der Waals surface area contributed by atoms with Crippen LogP contribution < -0.4 is 16.4 Å². The summed E-state index contributed by atoms with van der Waals surface area (Å²) in [6, 6.07) is 34.2. The third-order valence-electron chi connectivity index (χ3n) is 5.90. The Morgan fingerprint density at radius 2 is 1.39 bits per heavy atom. The second kappa shape index (κ2) is 5.61. The minimum Gasteiger partial charge on any atom is -0.310 e. The third kappa shape index (κ3) is 1.92. The molecule has 6 rings (SSSR count). The second-order valence-corrected chi connectivity index (χ2v) is 7.32. The van der Waals surface area contributed by atoms with E-state index in [2.05, 4.69) is 89.5 Å². The quantitative estimate of drug-likeness (QED) is 0.416. The van der Waals surface area contributed by atoms with E-state index < -0.39 is 0 Å². The normalized spacial score (nSPS) is 12.2. The summed E-state index contributed by atoms with van der Waals surface area (Å²) < 4.78 is 2.41. The monoisotopic (exact) mass is 354 g/mol. The number of nitriles is 1. The molecule has 5 aromatic rings. The van der Waals surface area contributed by atoms with Crippen LogP contribution in [-0.4, -0.2) is 11.3 Å². The third-order valence-corrected chi connectivity index (χ3v) is 5.90. The lowest BCUT2D eigenvalue weighted by molar-refractivity contribution is 1.19. The largest absolute Gasteiger partial charge is 0.310 e. The van der Waals surface area contributed by atoms with Crippen molar-refractivity contribution in [2.75, 3.05) is 0 Å². The number of para-hydroxylation sites is 3. The molecule has 0 saturated carbocycles. The smallest absolute Gasteiger partial charge is 0.246 e. The average molecular weight is 354 g/mol. The highest BCUT2D eigenvalue weighted by molar-refractivity contribution is 6.98. The summed E-state index contributed by atoms with van der Waals surface area (Å²) in [5.74, 6) is 0. The first kappa shape index (κ1) is 15.3. The Labute approximate surface area is 163 Å². The van der Waals surface area contributed by atoms with Crippen LogP contribution in [0.3, 0.4) is 0 Å². The zero-order valence-electron chi connectivity index (χ0n) is 15.1. The van der Waals surface area contributed by atoms with Crippen molar-refractivity contribution < 1.29 is 0 Å². The Balaban J connectivity index is 1.77. The molecule has 0 radical (unpaired) electrons. The summed E-state index contributed by atoms with van der Waals surface area (Å²) in [5, 5.41) is 11.8. The van der Waals surface area contributed by atoms with Crippen molar-refractivity contribution in [2.24, 2.45) is 0 Å². The molecule has 0 aliphatic carbocycles. The SMILES string of the molecule is N#Cc1ccc(B2c3ccccc3-n3c4ccccc4c4cccc2c43)cc1. The summed E-state index contributed by atoms with van der Waals surface area (Å²) in [5.41, 5.74) is 8.30. The fraction of sp³-hybridized carbons (Fsp3) is 0. The van der Waals surface area contributed by atoms with Gasteiger partial charge in [0.05, 0.1) is 17.1 Å². The summed E-state index contributed by atoms with van der Waals surface area (Å²) in [7, 11) is 0. The highest BCUT2D eigenvalue weighted by Crippen LogP contribution is 2.32. The van der Waals surface area contributed by atoms with Crippen LogP contribution >= 0.6 is 0 Å². The molecule has 2 nitrogen and oxygen atoms in total. The molecule has 0 unspecified atom stereocenters. The Morgan fingerprint density at radius 3 is 2.25 bits per heavy atom. The van der Waals surface area contributed by atoms with Gasteiger partial charge in [-0.2, -0.15) is 5.26 Å². The number of nitrogens with zero attached hydrogens (tertiary/aromatic N) is 2. The molecule has 0 spiro atoms. The average Bonchev–Trinajstić information content (AvgIpc) is 3.11. The van der Waals surface area contributed by atoms with Gasteiger partial charge in [-0.3, -0.25) is 0 Å². The minimum atomic E-state index is 0.157. The number of hydrogen-bond acceptors (Lipinski definition) is 1. The van der Waals surface area contributed by atoms with Crippen molar-refractivity contribution in [3.05, 3.63) is 96.6 Å². The van der Waals surface area contributed by atoms with Gasteiger partial charge in [0, 0.05) is 22.0 Å². The standard InChI is InChI=1S/C25H15BN2/c27-16-17-12-14-18(15-13-17)26-21-8-2-4-11-24(21)28-23-10-3-1-6-19(23)20-7-5-9-22(26)25(20)28/h1-15H. The lowest BCUT2D eigenvalue weighted by Gasteiger charge is -2.27. The Kier molecular flexibility index (Phi) is 3.07. The number of benzene rings is 4. The lowest BCUT2D eigenvalue weighted by atomic mass is 9.35. The highest BCUT2D eigenvalue weighted by Gasteiger charge is 2.32. The first-order chi connectivity index (χ1) is 13.9. The van der Waals surface area contributed by atoms with E-state index in [1.807, 2.05) is 12.1 Å². The van der Waals surface area contributed by atoms with Gasteiger partial charge in [0.2, 0.25) is 6.71 Å². The van der Waals surface area contributed by atoms with E-state index in [1.165, 1.54) is 43.9 Å². The van der Waals surface area contributed by atoms with E-state index in [-0.39, 0.29) is 6.71 Å². The maximum atomic E-state index is 9.18. The fourth-order valence-corrected chi connectivity index (χ4v) is 4.74. The summed E-state index contributed by atoms with van der Waals surface area (Å²) in [6.07, 6.45) is 0. The van der Waals surface area contributed by atoms with Gasteiger partial charge in [0.25, 0.3) is 0 Å². The first-order valence-corrected chi connectivity index (χ1v) is 9.48. The predicted octanol–water partition coefficient (Wildman–Crippen LogP) is 3.48. The zero-order valence-corrected chi connectivity index (χ0v) is 15.1. The Morgan fingerprint density at radius 1 is 0.679 bits per heavy atom. The fourth-order valence-electron chi connectivity index (χ4n) is 4.74. The molecule has 1 aromatic heterocycles. The van der Waals surface area contributed by atoms with Crippen LogP contribution in [0.1, 0.15) is 5.56 Å². The van der Waals surface area contributed by atoms with Gasteiger partial charge in [-0.05, 0) is 35.2 Å². The lowest BCUT2D eigenvalue weighted by Crippen LogP contribution is -2.55. The number of hydrogen-bond donors (Lipinski definition) is 0. The van der Waals surface area contributed by atoms with Gasteiger partial charge < -0.3 is 4.57 Å². The van der Waals surface area contributed by atoms with E-state index in [0.717, 1.165) is 0 Å². The van der Waals surface area contributed by atoms with E-state index >= 15 is 0 Å². The van der Waals surface area contributed by atoms with Crippen molar-refractivity contribution in [1.29, 1.82) is 5.26 Å². The first-order valence-electron chi connectivity index (χ1n) is 9.48. The van der Waals surface area contributed by atoms with Crippen LogP contribution in [0.15, 0.2) is 91.0 Å². The van der Waals surface area contributed by atoms with Crippen LogP contribution in [0.25, 0.3) is 27.5 Å². The van der Waals surface area contributed by atoms with Crippen molar-refractivity contribution in [3.8, 4) is 11.8 Å². The predicted molar refractivity (Wildman–Crippen MR) is 117 cm³/mol. The molecule has 1 aliphatic heterocycles. The van der Waals surface area contributed by atoms with E-state index in [9.17, 15) is 5.26 Å². The zero-order chi connectivity index (χ0) is 18.7. The molecule has 0 bridgehead atoms. The molecule has 0 saturated heterocycles. The number of rotatable bonds is 1. The van der Waals surface area contributed by atoms with Gasteiger partial charge >= 0.3 is 0 Å². The minimum absolute atomic E-state index is 0.157. The topological polar surface area (TPSA) is 28.7 Å². The molecule has 28 heavy (non-hydrogen) atoms. The van der Waals surface area contributed by atoms with Crippen molar-refractivity contribution in [1.82, 2.24) is 4.57 Å². The molecule has 1 aliphatic rings. The van der Waals surface area contributed by atoms with Gasteiger partial charge in [-0.15, -0.1) is 0 Å². The van der Waals surface area contributed by atoms with Crippen molar-refractivity contribution in [3.63, 3.8) is 0 Å². The van der Waals surface area contributed by atoms with Gasteiger partial charge in [0.15, 0.2) is 0 Å². The van der Waals surface area contributed by atoms with Gasteiger partial charge in [-0.25, -0.2) is 0 Å². The molecular weight excluding hydrogens is 339 g/mol. The second-order valence-electron chi connectivity index (χ2n) is 7.32. The molecule has 2 heterocycles. The Bertz CT molecular complexity index is 1420. The van der Waals surface area contributed by atoms with E-state index in [0.29, 0.717) is 5.56 Å². The van der Waals surface area contributed by atoms with Gasteiger partial charge in [-0.1, -0.05) is 72.2 Å². The molecule has 0 amide bonds. The van der Waals surface area contributed by atoms with Crippen LogP contribution in [-0.2, 0) is 0 Å². The van der Waals surface area contributed by atoms with Crippen LogP contribution in [0.2, 0.25) is 0 Å². The molecule has 0 fully saturated rings.